The summed E-state index contributed by atoms with van der Waals surface area (Å²) in [6.07, 6.45) is 1.44. The third-order valence-corrected chi connectivity index (χ3v) is 5.01. The Bertz CT molecular complexity index is 516. The second kappa shape index (κ2) is 6.53. The van der Waals surface area contributed by atoms with E-state index in [9.17, 15) is 9.59 Å². The molecule has 2 rings (SSSR count). The highest BCUT2D eigenvalue weighted by Gasteiger charge is 2.23. The third-order valence-electron chi connectivity index (χ3n) is 3.84. The average molecular weight is 310 g/mol. The predicted molar refractivity (Wildman–Crippen MR) is 82.4 cm³/mol. The van der Waals surface area contributed by atoms with Gasteiger partial charge in [-0.3, -0.25) is 14.5 Å². The number of primary amides is 1. The summed E-state index contributed by atoms with van der Waals surface area (Å²) in [6, 6.07) is 0.349. The van der Waals surface area contributed by atoms with Crippen molar-refractivity contribution >= 4 is 23.2 Å². The van der Waals surface area contributed by atoms with E-state index in [1.165, 1.54) is 11.3 Å². The van der Waals surface area contributed by atoms with E-state index in [2.05, 4.69) is 18.8 Å². The molecule has 6 nitrogen and oxygen atoms in total. The van der Waals surface area contributed by atoms with Crippen molar-refractivity contribution in [1.29, 1.82) is 0 Å². The molecule has 7 heteroatoms. The Kier molecular flexibility index (Phi) is 4.95. The van der Waals surface area contributed by atoms with Crippen molar-refractivity contribution in [2.45, 2.75) is 32.7 Å². The van der Waals surface area contributed by atoms with E-state index in [0.29, 0.717) is 37.1 Å². The number of amides is 2. The van der Waals surface area contributed by atoms with Gasteiger partial charge in [0.05, 0.1) is 12.2 Å². The van der Waals surface area contributed by atoms with Crippen LogP contribution in [0.2, 0.25) is 0 Å². The first-order valence-corrected chi connectivity index (χ1v) is 7.96. The number of carbonyl (C=O) groups is 2. The van der Waals surface area contributed by atoms with Gasteiger partial charge < -0.3 is 10.6 Å². The van der Waals surface area contributed by atoms with E-state index >= 15 is 0 Å². The van der Waals surface area contributed by atoms with E-state index in [-0.39, 0.29) is 5.91 Å². The molecule has 2 N–H and O–H groups in total. The average Bonchev–Trinajstić information content (AvgIpc) is 2.72. The molecule has 116 valence electrons. The lowest BCUT2D eigenvalue weighted by Crippen LogP contribution is -2.42. The van der Waals surface area contributed by atoms with Gasteiger partial charge in [-0.15, -0.1) is 11.3 Å². The molecule has 0 saturated heterocycles. The predicted octanol–water partition coefficient (Wildman–Crippen LogP) is 0.509. The highest BCUT2D eigenvalue weighted by molar-refractivity contribution is 7.13. The Balaban J connectivity index is 1.98. The van der Waals surface area contributed by atoms with Crippen LogP contribution in [0.25, 0.3) is 0 Å². The summed E-state index contributed by atoms with van der Waals surface area (Å²) in [5.74, 6) is -0.323. The van der Waals surface area contributed by atoms with E-state index in [0.717, 1.165) is 17.0 Å². The number of nitrogens with two attached hydrogens (primary N) is 1. The number of rotatable bonds is 4. The summed E-state index contributed by atoms with van der Waals surface area (Å²) < 4.78 is 0. The summed E-state index contributed by atoms with van der Waals surface area (Å²) in [5, 5.41) is 0.374. The lowest BCUT2D eigenvalue weighted by molar-refractivity contribution is -0.132. The zero-order chi connectivity index (χ0) is 15.6. The number of fused-ring (bicyclic) bond motifs is 1. The van der Waals surface area contributed by atoms with Gasteiger partial charge >= 0.3 is 0 Å². The van der Waals surface area contributed by atoms with E-state index in [1.807, 2.05) is 16.8 Å². The van der Waals surface area contributed by atoms with Gasteiger partial charge in [-0.05, 0) is 20.9 Å². The monoisotopic (exact) mass is 310 g/mol. The number of nitrogens with zero attached hydrogens (tertiary/aromatic N) is 3. The molecule has 0 fully saturated rings. The van der Waals surface area contributed by atoms with Crippen LogP contribution in [0, 0.1) is 0 Å². The Hall–Kier alpha value is -1.47. The molecule has 0 radical (unpaired) electrons. The van der Waals surface area contributed by atoms with Crippen LogP contribution in [-0.4, -0.2) is 59.3 Å². The number of carbonyl (C=O) groups excluding carboxylic acids is 2. The minimum atomic E-state index is -0.473. The van der Waals surface area contributed by atoms with Crippen molar-refractivity contribution in [3.05, 3.63) is 15.6 Å². The van der Waals surface area contributed by atoms with Gasteiger partial charge in [-0.2, -0.15) is 0 Å². The highest BCUT2D eigenvalue weighted by atomic mass is 32.1. The molecule has 0 aliphatic carbocycles. The molecule has 0 aromatic carbocycles. The van der Waals surface area contributed by atoms with Gasteiger partial charge in [0.2, 0.25) is 5.91 Å². The molecule has 2 heterocycles. The Morgan fingerprint density at radius 1 is 1.38 bits per heavy atom. The molecular formula is C14H22N4O2S. The second-order valence-corrected chi connectivity index (χ2v) is 6.73. The van der Waals surface area contributed by atoms with Crippen LogP contribution in [0.1, 0.15) is 34.2 Å². The van der Waals surface area contributed by atoms with Gasteiger partial charge in [-0.25, -0.2) is 4.98 Å². The maximum atomic E-state index is 12.3. The fraction of sp³-hybridized carbons (Fsp3) is 0.643. The lowest BCUT2D eigenvalue weighted by atomic mass is 10.2. The largest absolute Gasteiger partial charge is 0.364 e. The molecule has 1 aliphatic rings. The van der Waals surface area contributed by atoms with Crippen LogP contribution in [-0.2, 0) is 17.6 Å². The Morgan fingerprint density at radius 3 is 2.67 bits per heavy atom. The smallest absolute Gasteiger partial charge is 0.277 e. The number of hydrogen-bond donors (Lipinski definition) is 1. The zero-order valence-electron chi connectivity index (χ0n) is 12.8. The van der Waals surface area contributed by atoms with Gasteiger partial charge in [-0.1, -0.05) is 0 Å². The second-order valence-electron chi connectivity index (χ2n) is 5.64. The fourth-order valence-electron chi connectivity index (χ4n) is 2.21. The quantitative estimate of drug-likeness (QED) is 0.879. The fourth-order valence-corrected chi connectivity index (χ4v) is 3.16. The number of aromatic nitrogens is 1. The van der Waals surface area contributed by atoms with E-state index < -0.39 is 5.91 Å². The van der Waals surface area contributed by atoms with Crippen molar-refractivity contribution < 1.29 is 9.59 Å². The van der Waals surface area contributed by atoms with Crippen LogP contribution < -0.4 is 5.73 Å². The van der Waals surface area contributed by atoms with Crippen molar-refractivity contribution in [2.75, 3.05) is 26.7 Å². The summed E-state index contributed by atoms with van der Waals surface area (Å²) in [4.78, 5) is 32.8. The standard InChI is InChI=1S/C14H22N4O2S/c1-9(2)17(3)8-12(19)18-6-4-10-11(5-7-18)21-14(16-10)13(15)20/h9H,4-8H2,1-3H3,(H2,15,20). The minimum absolute atomic E-state index is 0.150. The first-order valence-electron chi connectivity index (χ1n) is 7.15. The van der Waals surface area contributed by atoms with Crippen molar-refractivity contribution in [3.8, 4) is 0 Å². The van der Waals surface area contributed by atoms with Crippen LogP contribution in [0.15, 0.2) is 0 Å². The summed E-state index contributed by atoms with van der Waals surface area (Å²) in [6.45, 7) is 5.91. The van der Waals surface area contributed by atoms with Gasteiger partial charge in [0, 0.05) is 36.9 Å². The zero-order valence-corrected chi connectivity index (χ0v) is 13.6. The van der Waals surface area contributed by atoms with Gasteiger partial charge in [0.25, 0.3) is 5.91 Å². The minimum Gasteiger partial charge on any atom is -0.364 e. The molecule has 2 amide bonds. The molecule has 1 aromatic rings. The Morgan fingerprint density at radius 2 is 2.05 bits per heavy atom. The molecule has 0 spiro atoms. The first-order chi connectivity index (χ1) is 9.88. The lowest BCUT2D eigenvalue weighted by Gasteiger charge is -2.26. The van der Waals surface area contributed by atoms with E-state index in [1.54, 1.807) is 0 Å². The van der Waals surface area contributed by atoms with Crippen molar-refractivity contribution in [2.24, 2.45) is 5.73 Å². The summed E-state index contributed by atoms with van der Waals surface area (Å²) >= 11 is 1.36. The first kappa shape index (κ1) is 15.9. The van der Waals surface area contributed by atoms with Crippen molar-refractivity contribution in [1.82, 2.24) is 14.8 Å². The van der Waals surface area contributed by atoms with Crippen LogP contribution >= 0.6 is 11.3 Å². The molecule has 0 bridgehead atoms. The molecule has 0 atom stereocenters. The summed E-state index contributed by atoms with van der Waals surface area (Å²) in [5.41, 5.74) is 6.18. The molecular weight excluding hydrogens is 288 g/mol. The SMILES string of the molecule is CC(C)N(C)CC(=O)N1CCc2nc(C(N)=O)sc2CC1. The van der Waals surface area contributed by atoms with Crippen LogP contribution in [0.3, 0.4) is 0 Å². The topological polar surface area (TPSA) is 79.5 Å². The number of thiazole rings is 1. The van der Waals surface area contributed by atoms with E-state index in [4.69, 9.17) is 5.73 Å². The third kappa shape index (κ3) is 3.79. The van der Waals surface area contributed by atoms with Gasteiger partial charge in [0.1, 0.15) is 0 Å². The van der Waals surface area contributed by atoms with Crippen molar-refractivity contribution in [3.63, 3.8) is 0 Å². The molecule has 0 unspecified atom stereocenters. The molecule has 0 saturated carbocycles. The highest BCUT2D eigenvalue weighted by Crippen LogP contribution is 2.22. The maximum absolute atomic E-state index is 12.3. The van der Waals surface area contributed by atoms with Gasteiger partial charge in [0.15, 0.2) is 5.01 Å². The normalized spacial score (nSPS) is 15.2. The number of likely N-dealkylation sites (N-methyl/N-ethyl adjacent to an activating group) is 1. The molecule has 1 aliphatic heterocycles. The molecule has 21 heavy (non-hydrogen) atoms. The molecule has 1 aromatic heterocycles. The maximum Gasteiger partial charge on any atom is 0.277 e. The van der Waals surface area contributed by atoms with Crippen LogP contribution in [0.5, 0.6) is 0 Å². The summed E-state index contributed by atoms with van der Waals surface area (Å²) in [7, 11) is 1.96. The number of hydrogen-bond acceptors (Lipinski definition) is 5. The van der Waals surface area contributed by atoms with Crippen LogP contribution in [0.4, 0.5) is 0 Å². The Labute approximate surface area is 128 Å².